The van der Waals surface area contributed by atoms with Crippen molar-refractivity contribution in [3.05, 3.63) is 65.6 Å². The summed E-state index contributed by atoms with van der Waals surface area (Å²) >= 11 is 0. The summed E-state index contributed by atoms with van der Waals surface area (Å²) in [5, 5.41) is 18.1. The average molecular weight is 581 g/mol. The van der Waals surface area contributed by atoms with Crippen LogP contribution in [0.15, 0.2) is 47.6 Å². The zero-order valence-corrected chi connectivity index (χ0v) is 23.3. The Bertz CT molecular complexity index is 1760. The number of aryl methyl sites for hydroxylation is 2. The van der Waals surface area contributed by atoms with Crippen LogP contribution >= 0.6 is 0 Å². The predicted octanol–water partition coefficient (Wildman–Crippen LogP) is 3.88. The second-order valence-electron chi connectivity index (χ2n) is 9.55. The standard InChI is InChI=1S/C28H29FN6O5S/c1-3-22-20(14-32-25(4-2)34-22)16-11-21(29)26-23(12-16)31-15-24(41(30,38)39)27(26)33-18-9-17(28(36)37)10-19(13-18)35-5-7-40-8-6-35/h9-15H,3-8H2,1-2H3,(H,31,33)(H,36,37)(H2,30,38,39). The van der Waals surface area contributed by atoms with Crippen molar-refractivity contribution in [1.82, 2.24) is 15.0 Å². The van der Waals surface area contributed by atoms with E-state index in [9.17, 15) is 18.3 Å². The number of halogens is 1. The number of aromatic nitrogens is 3. The number of hydrogen-bond acceptors (Lipinski definition) is 9. The Balaban J connectivity index is 1.68. The largest absolute Gasteiger partial charge is 0.478 e. The van der Waals surface area contributed by atoms with Crippen molar-refractivity contribution >= 4 is 44.0 Å². The molecule has 0 radical (unpaired) electrons. The molecule has 0 amide bonds. The molecule has 0 unspecified atom stereocenters. The molecule has 0 saturated carbocycles. The number of sulfonamides is 1. The topological polar surface area (TPSA) is 161 Å². The van der Waals surface area contributed by atoms with Gasteiger partial charge in [-0.05, 0) is 42.3 Å². The summed E-state index contributed by atoms with van der Waals surface area (Å²) in [7, 11) is -4.35. The van der Waals surface area contributed by atoms with Crippen molar-refractivity contribution in [3.63, 3.8) is 0 Å². The molecular formula is C28H29FN6O5S. The third-order valence-corrected chi connectivity index (χ3v) is 7.81. The van der Waals surface area contributed by atoms with E-state index in [1.54, 1.807) is 18.3 Å². The summed E-state index contributed by atoms with van der Waals surface area (Å²) in [6.45, 7) is 5.93. The molecule has 0 spiro atoms. The van der Waals surface area contributed by atoms with Crippen molar-refractivity contribution in [2.45, 2.75) is 31.6 Å². The normalized spacial score (nSPS) is 13.9. The second-order valence-corrected chi connectivity index (χ2v) is 11.1. The molecule has 0 bridgehead atoms. The molecule has 4 aromatic rings. The summed E-state index contributed by atoms with van der Waals surface area (Å²) in [4.78, 5) is 26.6. The summed E-state index contributed by atoms with van der Waals surface area (Å²) < 4.78 is 46.5. The highest BCUT2D eigenvalue weighted by Crippen LogP contribution is 2.37. The number of primary sulfonamides is 1. The van der Waals surface area contributed by atoms with Crippen molar-refractivity contribution < 1.29 is 27.4 Å². The van der Waals surface area contributed by atoms with Gasteiger partial charge in [0.2, 0.25) is 10.0 Å². The molecule has 1 aliphatic rings. The molecule has 0 atom stereocenters. The van der Waals surface area contributed by atoms with Crippen molar-refractivity contribution in [2.24, 2.45) is 5.14 Å². The number of carbonyl (C=O) groups is 1. The quantitative estimate of drug-likeness (QED) is 0.279. The van der Waals surface area contributed by atoms with Gasteiger partial charge in [-0.25, -0.2) is 32.7 Å². The van der Waals surface area contributed by atoms with Crippen LogP contribution in [0.1, 0.15) is 35.7 Å². The molecule has 2 aromatic heterocycles. The molecule has 13 heteroatoms. The average Bonchev–Trinajstić information content (AvgIpc) is 2.96. The van der Waals surface area contributed by atoms with Gasteiger partial charge in [0.1, 0.15) is 16.5 Å². The molecule has 214 valence electrons. The Morgan fingerprint density at radius 1 is 1.10 bits per heavy atom. The van der Waals surface area contributed by atoms with Crippen molar-refractivity contribution in [3.8, 4) is 11.1 Å². The van der Waals surface area contributed by atoms with Gasteiger partial charge in [0.05, 0.1) is 41.1 Å². The van der Waals surface area contributed by atoms with E-state index in [0.29, 0.717) is 61.8 Å². The molecule has 5 rings (SSSR count). The number of rotatable bonds is 8. The lowest BCUT2D eigenvalue weighted by atomic mass is 10.0. The zero-order chi connectivity index (χ0) is 29.3. The van der Waals surface area contributed by atoms with Crippen LogP contribution in [0.5, 0.6) is 0 Å². The third kappa shape index (κ3) is 5.82. The smallest absolute Gasteiger partial charge is 0.335 e. The van der Waals surface area contributed by atoms with Crippen LogP contribution < -0.4 is 15.4 Å². The fraction of sp³-hybridized carbons (Fsp3) is 0.286. The molecule has 1 aliphatic heterocycles. The summed E-state index contributed by atoms with van der Waals surface area (Å²) in [6, 6.07) is 7.45. The van der Waals surface area contributed by atoms with Gasteiger partial charge in [0.15, 0.2) is 0 Å². The monoisotopic (exact) mass is 580 g/mol. The maximum Gasteiger partial charge on any atom is 0.335 e. The highest BCUT2D eigenvalue weighted by molar-refractivity contribution is 7.89. The number of carboxylic acid groups (broad SMARTS) is 1. The number of nitrogens with one attached hydrogen (secondary N) is 1. The molecule has 1 fully saturated rings. The number of hydrogen-bond donors (Lipinski definition) is 3. The minimum atomic E-state index is -4.35. The van der Waals surface area contributed by atoms with E-state index in [1.165, 1.54) is 18.2 Å². The number of carboxylic acids is 1. The van der Waals surface area contributed by atoms with Gasteiger partial charge in [0.25, 0.3) is 0 Å². The zero-order valence-electron chi connectivity index (χ0n) is 22.5. The van der Waals surface area contributed by atoms with E-state index < -0.39 is 26.7 Å². The van der Waals surface area contributed by atoms with Gasteiger partial charge in [0, 0.05) is 48.8 Å². The van der Waals surface area contributed by atoms with E-state index in [1.807, 2.05) is 18.7 Å². The number of nitrogens with two attached hydrogens (primary N) is 1. The first-order valence-corrected chi connectivity index (χ1v) is 14.6. The highest BCUT2D eigenvalue weighted by atomic mass is 32.2. The number of benzene rings is 2. The van der Waals surface area contributed by atoms with Crippen LogP contribution in [0.25, 0.3) is 22.0 Å². The van der Waals surface area contributed by atoms with E-state index in [2.05, 4.69) is 20.3 Å². The third-order valence-electron chi connectivity index (χ3n) is 6.88. The summed E-state index contributed by atoms with van der Waals surface area (Å²) in [5.41, 5.74) is 2.69. The summed E-state index contributed by atoms with van der Waals surface area (Å²) in [6.07, 6.45) is 3.96. The predicted molar refractivity (Wildman–Crippen MR) is 153 cm³/mol. The lowest BCUT2D eigenvalue weighted by Gasteiger charge is -2.29. The van der Waals surface area contributed by atoms with Gasteiger partial charge in [-0.2, -0.15) is 0 Å². The molecule has 4 N–H and O–H groups in total. The van der Waals surface area contributed by atoms with Crippen LogP contribution in [-0.4, -0.2) is 60.7 Å². The number of aromatic carboxylic acids is 1. The van der Waals surface area contributed by atoms with Crippen LogP contribution in [0.3, 0.4) is 0 Å². The number of nitrogens with zero attached hydrogens (tertiary/aromatic N) is 4. The Morgan fingerprint density at radius 2 is 1.85 bits per heavy atom. The highest BCUT2D eigenvalue weighted by Gasteiger charge is 2.23. The number of anilines is 3. The van der Waals surface area contributed by atoms with Crippen LogP contribution in [0.4, 0.5) is 21.5 Å². The summed E-state index contributed by atoms with van der Waals surface area (Å²) in [5.74, 6) is -1.25. The minimum Gasteiger partial charge on any atom is -0.478 e. The molecule has 11 nitrogen and oxygen atoms in total. The SMILES string of the molecule is CCc1ncc(-c2cc(F)c3c(Nc4cc(C(=O)O)cc(N5CCOCC5)c4)c(S(N)(=O)=O)cnc3c2)c(CC)n1. The Kier molecular flexibility index (Phi) is 7.84. The number of morpholine rings is 1. The number of pyridine rings is 1. The van der Waals surface area contributed by atoms with E-state index >= 15 is 4.39 Å². The molecule has 0 aliphatic carbocycles. The Labute approximate surface area is 236 Å². The Hall–Kier alpha value is -4.20. The first-order chi connectivity index (χ1) is 19.6. The maximum atomic E-state index is 15.9. The minimum absolute atomic E-state index is 0.0302. The molecule has 1 saturated heterocycles. The lowest BCUT2D eigenvalue weighted by molar-refractivity contribution is 0.0697. The lowest BCUT2D eigenvalue weighted by Crippen LogP contribution is -2.36. The fourth-order valence-electron chi connectivity index (χ4n) is 4.85. The van der Waals surface area contributed by atoms with Crippen LogP contribution in [0.2, 0.25) is 0 Å². The molecule has 41 heavy (non-hydrogen) atoms. The van der Waals surface area contributed by atoms with E-state index in [0.717, 1.165) is 11.9 Å². The molecule has 2 aromatic carbocycles. The van der Waals surface area contributed by atoms with E-state index in [-0.39, 0.29) is 27.8 Å². The van der Waals surface area contributed by atoms with Gasteiger partial charge in [-0.3, -0.25) is 4.98 Å². The van der Waals surface area contributed by atoms with Crippen LogP contribution in [-0.2, 0) is 27.6 Å². The van der Waals surface area contributed by atoms with Crippen molar-refractivity contribution in [1.29, 1.82) is 0 Å². The number of ether oxygens (including phenoxy) is 1. The van der Waals surface area contributed by atoms with Gasteiger partial charge in [-0.15, -0.1) is 0 Å². The first kappa shape index (κ1) is 28.3. The van der Waals surface area contributed by atoms with E-state index in [4.69, 9.17) is 9.88 Å². The Morgan fingerprint density at radius 3 is 2.51 bits per heavy atom. The van der Waals surface area contributed by atoms with Gasteiger partial charge in [-0.1, -0.05) is 13.8 Å². The van der Waals surface area contributed by atoms with Gasteiger partial charge < -0.3 is 20.1 Å². The molecular weight excluding hydrogens is 551 g/mol. The second kappa shape index (κ2) is 11.4. The van der Waals surface area contributed by atoms with Crippen LogP contribution in [0, 0.1) is 5.82 Å². The first-order valence-electron chi connectivity index (χ1n) is 13.1. The van der Waals surface area contributed by atoms with Gasteiger partial charge >= 0.3 is 5.97 Å². The number of fused-ring (bicyclic) bond motifs is 1. The maximum absolute atomic E-state index is 15.9. The molecule has 3 heterocycles. The van der Waals surface area contributed by atoms with Crippen molar-refractivity contribution in [2.75, 3.05) is 36.5 Å². The fourth-order valence-corrected chi connectivity index (χ4v) is 5.48.